The Labute approximate surface area is 408 Å². The first kappa shape index (κ1) is 38.8. The van der Waals surface area contributed by atoms with Crippen LogP contribution in [0.5, 0.6) is 0 Å². The Bertz CT molecular complexity index is 4630. The largest absolute Gasteiger partial charge is 0.456 e. The second-order valence-electron chi connectivity index (χ2n) is 20.9. The molecule has 3 nitrogen and oxygen atoms in total. The fraction of sp³-hybridized carbons (Fsp3) is 0.0909. The molecule has 14 aromatic rings. The molecule has 0 amide bonds. The van der Waals surface area contributed by atoms with E-state index in [4.69, 9.17) is 4.42 Å². The summed E-state index contributed by atoms with van der Waals surface area (Å²) in [5.74, 6) is 0. The van der Waals surface area contributed by atoms with Crippen molar-refractivity contribution in [1.29, 1.82) is 0 Å². The van der Waals surface area contributed by atoms with Crippen LogP contribution in [0.2, 0.25) is 0 Å². The molecule has 4 heterocycles. The van der Waals surface area contributed by atoms with Gasteiger partial charge >= 0.3 is 0 Å². The summed E-state index contributed by atoms with van der Waals surface area (Å²) in [6.45, 7) is 9.50. The summed E-state index contributed by atoms with van der Waals surface area (Å²) >= 11 is 1.89. The van der Waals surface area contributed by atoms with Crippen LogP contribution >= 0.6 is 11.3 Å². The summed E-state index contributed by atoms with van der Waals surface area (Å²) in [6, 6.07) is 73.0. The summed E-state index contributed by atoms with van der Waals surface area (Å²) < 4.78 is 14.1. The van der Waals surface area contributed by atoms with Crippen molar-refractivity contribution in [2.45, 2.75) is 38.5 Å². The summed E-state index contributed by atoms with van der Waals surface area (Å²) in [7, 11) is 0. The summed E-state index contributed by atoms with van der Waals surface area (Å²) in [4.78, 5) is 0. The van der Waals surface area contributed by atoms with Crippen molar-refractivity contribution in [2.24, 2.45) is 0 Å². The molecule has 0 atom stereocenters. The zero-order valence-corrected chi connectivity index (χ0v) is 40.0. The van der Waals surface area contributed by atoms with Crippen molar-refractivity contribution in [3.63, 3.8) is 0 Å². The number of rotatable bonds is 3. The van der Waals surface area contributed by atoms with Crippen LogP contribution in [0.25, 0.3) is 130 Å². The van der Waals surface area contributed by atoms with Gasteiger partial charge in [-0.2, -0.15) is 0 Å². The van der Waals surface area contributed by atoms with Crippen molar-refractivity contribution < 1.29 is 4.42 Å². The number of thiophene rings is 1. The number of para-hydroxylation sites is 1. The van der Waals surface area contributed by atoms with Gasteiger partial charge in [0.1, 0.15) is 11.2 Å². The van der Waals surface area contributed by atoms with E-state index in [0.717, 1.165) is 33.3 Å². The van der Waals surface area contributed by atoms with E-state index in [0.29, 0.717) is 0 Å². The minimum Gasteiger partial charge on any atom is -0.456 e. The van der Waals surface area contributed by atoms with Gasteiger partial charge in [0.25, 0.3) is 0 Å². The maximum atomic E-state index is 6.50. The van der Waals surface area contributed by atoms with Gasteiger partial charge in [-0.25, -0.2) is 0 Å². The summed E-state index contributed by atoms with van der Waals surface area (Å²) in [6.07, 6.45) is 0. The number of aromatic nitrogens is 2. The standard InChI is InChI=1S/C66H44N2OS/c1-65(2)53-17-9-5-13-41(53)45-29-47-49-31-52-44-16-8-12-20-63(44)70-64(52)36-60(49)68(58(47)34-55(45)65)40-27-23-38(24-28-40)37-21-25-39(26-22-37)67-57-32-51-43-15-7-11-19-61(43)69-62(51)33-50(57)48-30-46-42-14-6-10-18-54(42)66(3,4)56(46)35-59(48)67/h5-36H,1-4H3. The zero-order valence-electron chi connectivity index (χ0n) is 39.2. The van der Waals surface area contributed by atoms with Crippen LogP contribution in [0.15, 0.2) is 199 Å². The van der Waals surface area contributed by atoms with E-state index in [9.17, 15) is 0 Å². The molecule has 70 heavy (non-hydrogen) atoms. The van der Waals surface area contributed by atoms with Gasteiger partial charge in [-0.15, -0.1) is 11.3 Å². The number of hydrogen-bond acceptors (Lipinski definition) is 2. The number of furan rings is 1. The zero-order chi connectivity index (χ0) is 46.4. The SMILES string of the molecule is CC1(C)c2ccccc2-c2cc3c4cc5c(cc4n(-c4ccc(-c6ccc(-n7c8cc9c(cc8c8cc%10oc%11ccccc%11c%10cc87)-c7ccccc7C9(C)C)cc6)cc4)c3cc21)sc1ccccc15. The molecule has 2 aliphatic carbocycles. The van der Waals surface area contributed by atoms with E-state index in [1.165, 1.54) is 119 Å². The summed E-state index contributed by atoms with van der Waals surface area (Å²) in [5.41, 5.74) is 22.0. The molecule has 0 saturated carbocycles. The molecule has 0 unspecified atom stereocenters. The highest BCUT2D eigenvalue weighted by molar-refractivity contribution is 7.25. The van der Waals surface area contributed by atoms with E-state index in [-0.39, 0.29) is 10.8 Å². The molecule has 0 fully saturated rings. The number of fused-ring (bicyclic) bond motifs is 18. The van der Waals surface area contributed by atoms with Crippen molar-refractivity contribution in [1.82, 2.24) is 9.13 Å². The molecule has 0 N–H and O–H groups in total. The topological polar surface area (TPSA) is 23.0 Å². The molecule has 0 radical (unpaired) electrons. The average Bonchev–Trinajstić information content (AvgIpc) is 4.20. The van der Waals surface area contributed by atoms with Crippen molar-refractivity contribution in [2.75, 3.05) is 0 Å². The lowest BCUT2D eigenvalue weighted by atomic mass is 9.82. The molecule has 330 valence electrons. The fourth-order valence-corrected chi connectivity index (χ4v) is 14.1. The third-order valence-electron chi connectivity index (χ3n) is 16.5. The molecular formula is C66H44N2OS. The summed E-state index contributed by atoms with van der Waals surface area (Å²) in [5, 5.41) is 9.95. The van der Waals surface area contributed by atoms with Gasteiger partial charge in [0, 0.05) is 74.7 Å². The van der Waals surface area contributed by atoms with E-state index in [2.05, 4.69) is 231 Å². The molecule has 0 bridgehead atoms. The molecule has 10 aromatic carbocycles. The van der Waals surface area contributed by atoms with Crippen LogP contribution in [0, 0.1) is 0 Å². The smallest absolute Gasteiger partial charge is 0.136 e. The van der Waals surface area contributed by atoms with Crippen molar-refractivity contribution in [3.8, 4) is 44.8 Å². The monoisotopic (exact) mass is 912 g/mol. The lowest BCUT2D eigenvalue weighted by Crippen LogP contribution is -2.15. The average molecular weight is 913 g/mol. The van der Waals surface area contributed by atoms with Crippen LogP contribution in [0.3, 0.4) is 0 Å². The third-order valence-corrected chi connectivity index (χ3v) is 17.7. The normalized spacial score (nSPS) is 14.5. The van der Waals surface area contributed by atoms with Crippen LogP contribution in [0.4, 0.5) is 0 Å². The second-order valence-corrected chi connectivity index (χ2v) is 21.9. The number of benzene rings is 10. The van der Waals surface area contributed by atoms with Crippen LogP contribution in [-0.2, 0) is 10.8 Å². The van der Waals surface area contributed by atoms with Gasteiger partial charge in [-0.3, -0.25) is 0 Å². The van der Waals surface area contributed by atoms with Gasteiger partial charge in [0.2, 0.25) is 0 Å². The second kappa shape index (κ2) is 13.3. The third kappa shape index (κ3) is 4.98. The van der Waals surface area contributed by atoms with Crippen molar-refractivity contribution >= 4 is 97.1 Å². The minimum absolute atomic E-state index is 0.102. The first-order valence-electron chi connectivity index (χ1n) is 24.5. The quantitative estimate of drug-likeness (QED) is 0.173. The minimum atomic E-state index is -0.117. The molecule has 4 heteroatoms. The molecule has 16 rings (SSSR count). The Balaban J connectivity index is 0.848. The lowest BCUT2D eigenvalue weighted by Gasteiger charge is -2.21. The highest BCUT2D eigenvalue weighted by Crippen LogP contribution is 2.53. The van der Waals surface area contributed by atoms with Gasteiger partial charge in [-0.1, -0.05) is 137 Å². The maximum Gasteiger partial charge on any atom is 0.136 e. The molecule has 2 aliphatic rings. The lowest BCUT2D eigenvalue weighted by molar-refractivity contribution is 0.661. The predicted octanol–water partition coefficient (Wildman–Crippen LogP) is 18.4. The molecular weight excluding hydrogens is 869 g/mol. The van der Waals surface area contributed by atoms with E-state index < -0.39 is 0 Å². The van der Waals surface area contributed by atoms with Crippen molar-refractivity contribution in [3.05, 3.63) is 216 Å². The highest BCUT2D eigenvalue weighted by Gasteiger charge is 2.38. The highest BCUT2D eigenvalue weighted by atomic mass is 32.1. The van der Waals surface area contributed by atoms with E-state index >= 15 is 0 Å². The fourth-order valence-electron chi connectivity index (χ4n) is 13.0. The Morgan fingerprint density at radius 3 is 1.43 bits per heavy atom. The molecule has 0 aliphatic heterocycles. The van der Waals surface area contributed by atoms with Gasteiger partial charge in [0.05, 0.1) is 22.1 Å². The van der Waals surface area contributed by atoms with Crippen LogP contribution < -0.4 is 0 Å². The Morgan fingerprint density at radius 2 is 0.814 bits per heavy atom. The van der Waals surface area contributed by atoms with E-state index in [1.54, 1.807) is 0 Å². The maximum absolute atomic E-state index is 6.50. The van der Waals surface area contributed by atoms with E-state index in [1.807, 2.05) is 11.3 Å². The molecule has 0 spiro atoms. The predicted molar refractivity (Wildman–Crippen MR) is 296 cm³/mol. The molecule has 0 saturated heterocycles. The number of nitrogens with zero attached hydrogens (tertiary/aromatic N) is 2. The van der Waals surface area contributed by atoms with Gasteiger partial charge in [-0.05, 0) is 141 Å². The first-order chi connectivity index (χ1) is 34.2. The molecule has 4 aromatic heterocycles. The first-order valence-corrected chi connectivity index (χ1v) is 25.3. The number of hydrogen-bond donors (Lipinski definition) is 0. The Kier molecular flexibility index (Phi) is 7.37. The van der Waals surface area contributed by atoms with Gasteiger partial charge in [0.15, 0.2) is 0 Å². The Hall–Kier alpha value is -8.18. The van der Waals surface area contributed by atoms with Gasteiger partial charge < -0.3 is 13.6 Å². The van der Waals surface area contributed by atoms with Crippen LogP contribution in [0.1, 0.15) is 49.9 Å². The Morgan fingerprint density at radius 1 is 0.329 bits per heavy atom. The van der Waals surface area contributed by atoms with Crippen LogP contribution in [-0.4, -0.2) is 9.13 Å².